The van der Waals surface area contributed by atoms with Crippen LogP contribution in [0.3, 0.4) is 0 Å². The van der Waals surface area contributed by atoms with E-state index in [-0.39, 0.29) is 17.4 Å². The van der Waals surface area contributed by atoms with E-state index in [4.69, 9.17) is 16.3 Å². The predicted molar refractivity (Wildman–Crippen MR) is 88.6 cm³/mol. The quantitative estimate of drug-likeness (QED) is 0.550. The van der Waals surface area contributed by atoms with Crippen LogP contribution in [0.4, 0.5) is 0 Å². The molecule has 0 N–H and O–H groups in total. The van der Waals surface area contributed by atoms with E-state index >= 15 is 0 Å². The number of halogens is 1. The van der Waals surface area contributed by atoms with E-state index in [0.29, 0.717) is 19.1 Å². The first-order valence-corrected chi connectivity index (χ1v) is 8.25. The second-order valence-corrected chi connectivity index (χ2v) is 7.68. The maximum Gasteiger partial charge on any atom is 0.245 e. The molecule has 2 atom stereocenters. The molecule has 0 bridgehead atoms. The Kier molecular flexibility index (Phi) is 6.73. The highest BCUT2D eigenvalue weighted by Gasteiger charge is 2.34. The van der Waals surface area contributed by atoms with Gasteiger partial charge in [-0.05, 0) is 43.6 Å². The second kappa shape index (κ2) is 7.64. The van der Waals surface area contributed by atoms with Gasteiger partial charge in [0.1, 0.15) is 5.38 Å². The van der Waals surface area contributed by atoms with Crippen LogP contribution in [0.15, 0.2) is 11.6 Å². The lowest BCUT2D eigenvalue weighted by Crippen LogP contribution is -2.44. The van der Waals surface area contributed by atoms with Gasteiger partial charge < -0.3 is 9.64 Å². The molecule has 4 heteroatoms. The summed E-state index contributed by atoms with van der Waals surface area (Å²) in [6.07, 6.45) is 4.23. The average molecular weight is 316 g/mol. The number of amides is 1. The van der Waals surface area contributed by atoms with Crippen LogP contribution < -0.4 is 0 Å². The van der Waals surface area contributed by atoms with Crippen LogP contribution in [0, 0.1) is 11.3 Å². The Balaban J connectivity index is 2.85. The first-order chi connectivity index (χ1) is 9.68. The second-order valence-electron chi connectivity index (χ2n) is 7.24. The van der Waals surface area contributed by atoms with E-state index < -0.39 is 5.38 Å². The van der Waals surface area contributed by atoms with Crippen LogP contribution >= 0.6 is 11.6 Å². The van der Waals surface area contributed by atoms with Crippen molar-refractivity contribution in [3.05, 3.63) is 11.6 Å². The fourth-order valence-corrected chi connectivity index (χ4v) is 3.55. The van der Waals surface area contributed by atoms with E-state index in [2.05, 4.69) is 26.8 Å². The summed E-state index contributed by atoms with van der Waals surface area (Å²) in [5.41, 5.74) is 1.29. The maximum atomic E-state index is 12.7. The van der Waals surface area contributed by atoms with Gasteiger partial charge in [0, 0.05) is 19.7 Å². The number of hydrogen-bond acceptors (Lipinski definition) is 2. The fraction of sp³-hybridized carbons (Fsp3) is 0.824. The van der Waals surface area contributed by atoms with Crippen LogP contribution in [0.5, 0.6) is 0 Å². The molecule has 1 rings (SSSR count). The Morgan fingerprint density at radius 2 is 2.14 bits per heavy atom. The Labute approximate surface area is 134 Å². The number of hydrogen-bond donors (Lipinski definition) is 0. The summed E-state index contributed by atoms with van der Waals surface area (Å²) < 4.78 is 5.10. The van der Waals surface area contributed by atoms with Gasteiger partial charge >= 0.3 is 0 Å². The molecule has 21 heavy (non-hydrogen) atoms. The number of nitrogens with zero attached hydrogens (tertiary/aromatic N) is 1. The molecule has 1 aliphatic rings. The third-order valence-electron chi connectivity index (χ3n) is 4.04. The van der Waals surface area contributed by atoms with Crippen molar-refractivity contribution < 1.29 is 9.53 Å². The normalized spacial score (nSPS) is 22.9. The number of ether oxygens (including phenoxy) is 1. The van der Waals surface area contributed by atoms with Crippen LogP contribution in [0.25, 0.3) is 0 Å². The van der Waals surface area contributed by atoms with Crippen LogP contribution in [0.1, 0.15) is 47.5 Å². The topological polar surface area (TPSA) is 29.5 Å². The highest BCUT2D eigenvalue weighted by atomic mass is 35.5. The molecule has 2 unspecified atom stereocenters. The standard InChI is InChI=1S/C17H30ClNO2/c1-12(2)19(7-8-21-6)16(20)15(18)14-9-13(3)10-17(4,5)11-14/h9,12-13,15H,7-8,10-11H2,1-6H3. The number of rotatable bonds is 6. The largest absolute Gasteiger partial charge is 0.383 e. The Hall–Kier alpha value is -0.540. The molecule has 0 aromatic carbocycles. The number of alkyl halides is 1. The molecule has 0 saturated carbocycles. The molecule has 0 aliphatic heterocycles. The molecular formula is C17H30ClNO2. The first kappa shape index (κ1) is 18.5. The van der Waals surface area contributed by atoms with Crippen LogP contribution in [0.2, 0.25) is 0 Å². The van der Waals surface area contributed by atoms with E-state index in [1.54, 1.807) is 7.11 Å². The maximum absolute atomic E-state index is 12.7. The molecular weight excluding hydrogens is 286 g/mol. The zero-order valence-electron chi connectivity index (χ0n) is 14.3. The number of allylic oxidation sites excluding steroid dienone is 1. The lowest BCUT2D eigenvalue weighted by molar-refractivity contribution is -0.132. The van der Waals surface area contributed by atoms with Gasteiger partial charge in [-0.15, -0.1) is 11.6 Å². The minimum Gasteiger partial charge on any atom is -0.383 e. The lowest BCUT2D eigenvalue weighted by atomic mass is 9.72. The molecule has 0 radical (unpaired) electrons. The third-order valence-corrected chi connectivity index (χ3v) is 4.51. The zero-order chi connectivity index (χ0) is 16.2. The molecule has 1 amide bonds. The van der Waals surface area contributed by atoms with Crippen molar-refractivity contribution in [2.75, 3.05) is 20.3 Å². The average Bonchev–Trinajstić information content (AvgIpc) is 2.35. The van der Waals surface area contributed by atoms with E-state index in [1.165, 1.54) is 0 Å². The van der Waals surface area contributed by atoms with Crippen molar-refractivity contribution in [1.29, 1.82) is 0 Å². The molecule has 122 valence electrons. The summed E-state index contributed by atoms with van der Waals surface area (Å²) in [6.45, 7) is 11.8. The summed E-state index contributed by atoms with van der Waals surface area (Å²) >= 11 is 6.52. The summed E-state index contributed by atoms with van der Waals surface area (Å²) in [5, 5.41) is -0.550. The molecule has 1 aliphatic carbocycles. The molecule has 0 saturated heterocycles. The summed E-state index contributed by atoms with van der Waals surface area (Å²) in [5.74, 6) is 0.476. The van der Waals surface area contributed by atoms with Crippen molar-refractivity contribution in [1.82, 2.24) is 4.90 Å². The highest BCUT2D eigenvalue weighted by molar-refractivity contribution is 6.32. The monoisotopic (exact) mass is 315 g/mol. The van der Waals surface area contributed by atoms with Gasteiger partial charge in [-0.3, -0.25) is 4.79 Å². The molecule has 0 heterocycles. The van der Waals surface area contributed by atoms with Gasteiger partial charge in [0.05, 0.1) is 6.61 Å². The third kappa shape index (κ3) is 5.30. The van der Waals surface area contributed by atoms with E-state index in [0.717, 1.165) is 18.4 Å². The van der Waals surface area contributed by atoms with Gasteiger partial charge in [0.25, 0.3) is 0 Å². The molecule has 3 nitrogen and oxygen atoms in total. The van der Waals surface area contributed by atoms with Crippen molar-refractivity contribution >= 4 is 17.5 Å². The molecule has 0 aromatic heterocycles. The van der Waals surface area contributed by atoms with Crippen molar-refractivity contribution in [2.24, 2.45) is 11.3 Å². The summed E-state index contributed by atoms with van der Waals surface area (Å²) in [6, 6.07) is 0.128. The van der Waals surface area contributed by atoms with Gasteiger partial charge in [-0.1, -0.05) is 26.8 Å². The van der Waals surface area contributed by atoms with Gasteiger partial charge in [0.15, 0.2) is 0 Å². The van der Waals surface area contributed by atoms with Crippen molar-refractivity contribution in [2.45, 2.75) is 58.9 Å². The zero-order valence-corrected chi connectivity index (χ0v) is 15.0. The first-order valence-electron chi connectivity index (χ1n) is 7.82. The summed E-state index contributed by atoms with van der Waals surface area (Å²) in [7, 11) is 1.65. The number of methoxy groups -OCH3 is 1. The van der Waals surface area contributed by atoms with Gasteiger partial charge in [0.2, 0.25) is 5.91 Å². The SMILES string of the molecule is COCCN(C(=O)C(Cl)C1=CC(C)CC(C)(C)C1)C(C)C. The lowest BCUT2D eigenvalue weighted by Gasteiger charge is -2.36. The minimum absolute atomic E-state index is 0.000123. The van der Waals surface area contributed by atoms with Crippen LogP contribution in [-0.2, 0) is 9.53 Å². The van der Waals surface area contributed by atoms with Crippen molar-refractivity contribution in [3.63, 3.8) is 0 Å². The number of carbonyl (C=O) groups is 1. The Morgan fingerprint density at radius 1 is 1.52 bits per heavy atom. The minimum atomic E-state index is -0.550. The van der Waals surface area contributed by atoms with E-state index in [1.807, 2.05) is 18.7 Å². The van der Waals surface area contributed by atoms with E-state index in [9.17, 15) is 4.79 Å². The molecule has 0 aromatic rings. The van der Waals surface area contributed by atoms with Crippen molar-refractivity contribution in [3.8, 4) is 0 Å². The smallest absolute Gasteiger partial charge is 0.245 e. The number of carbonyl (C=O) groups excluding carboxylic acids is 1. The summed E-state index contributed by atoms with van der Waals surface area (Å²) in [4.78, 5) is 14.5. The molecule has 0 fully saturated rings. The fourth-order valence-electron chi connectivity index (χ4n) is 3.27. The highest BCUT2D eigenvalue weighted by Crippen LogP contribution is 2.40. The van der Waals surface area contributed by atoms with Gasteiger partial charge in [-0.25, -0.2) is 0 Å². The Morgan fingerprint density at radius 3 is 2.62 bits per heavy atom. The Bertz CT molecular complexity index is 390. The van der Waals surface area contributed by atoms with Crippen LogP contribution in [-0.4, -0.2) is 42.5 Å². The predicted octanol–water partition coefficient (Wildman–Crippen LogP) is 3.86. The van der Waals surface area contributed by atoms with Gasteiger partial charge in [-0.2, -0.15) is 0 Å². The molecule has 0 spiro atoms.